The molecule has 1 saturated carbocycles. The molecule has 0 aromatic heterocycles. The van der Waals surface area contributed by atoms with Crippen LogP contribution in [0.25, 0.3) is 5.76 Å². The number of carbonyl (C=O) groups excluding carboxylic acids is 4. The predicted molar refractivity (Wildman–Crippen MR) is 126 cm³/mol. The van der Waals surface area contributed by atoms with Crippen molar-refractivity contribution < 1.29 is 44.3 Å². The van der Waals surface area contributed by atoms with Gasteiger partial charge in [0.2, 0.25) is 5.78 Å². The number of phenolic OH excluding ortho intramolecular Hbond substituents is 1. The third-order valence-electron chi connectivity index (χ3n) is 7.66. The summed E-state index contributed by atoms with van der Waals surface area (Å²) in [5, 5.41) is 44.5. The van der Waals surface area contributed by atoms with Gasteiger partial charge in [-0.1, -0.05) is 33.8 Å². The smallest absolute Gasteiger partial charge is 0.305 e. The van der Waals surface area contributed by atoms with Gasteiger partial charge < -0.3 is 30.9 Å². The Labute approximate surface area is 207 Å². The van der Waals surface area contributed by atoms with Gasteiger partial charge in [0.25, 0.3) is 5.91 Å². The number of aliphatic hydroxyl groups is 3. The number of amides is 1. The summed E-state index contributed by atoms with van der Waals surface area (Å²) in [6.45, 7) is 7.12. The van der Waals surface area contributed by atoms with Crippen LogP contribution in [0.4, 0.5) is 0 Å². The number of carbonyl (C=O) groups is 4. The number of Topliss-reactive ketones (excluding diaryl/α,β-unsaturated/α-hetero) is 2. The highest BCUT2D eigenvalue weighted by molar-refractivity contribution is 6.23. The van der Waals surface area contributed by atoms with E-state index in [4.69, 9.17) is 10.5 Å². The lowest BCUT2D eigenvalue weighted by atomic mass is 9.55. The third kappa shape index (κ3) is 3.27. The first-order valence-corrected chi connectivity index (χ1v) is 11.8. The number of phenols is 1. The van der Waals surface area contributed by atoms with Gasteiger partial charge in [0.1, 0.15) is 28.9 Å². The first-order chi connectivity index (χ1) is 16.8. The summed E-state index contributed by atoms with van der Waals surface area (Å²) in [7, 11) is 0. The number of aliphatic hydroxyl groups excluding tert-OH is 2. The average molecular weight is 500 g/mol. The number of nitrogens with two attached hydrogens (primary N) is 1. The molecular formula is C26H29NO9. The van der Waals surface area contributed by atoms with Gasteiger partial charge in [-0.25, -0.2) is 0 Å². The molecule has 0 radical (unpaired) electrons. The largest absolute Gasteiger partial charge is 0.508 e. The molecule has 0 aliphatic heterocycles. The summed E-state index contributed by atoms with van der Waals surface area (Å²) >= 11 is 0. The molecule has 0 saturated heterocycles. The fraction of sp³-hybridized carbons (Fsp3) is 0.462. The lowest BCUT2D eigenvalue weighted by molar-refractivity contribution is -0.178. The Morgan fingerprint density at radius 1 is 1.19 bits per heavy atom. The highest BCUT2D eigenvalue weighted by Gasteiger charge is 2.66. The molecule has 6 N–H and O–H groups in total. The molecule has 10 nitrogen and oxygen atoms in total. The van der Waals surface area contributed by atoms with Crippen molar-refractivity contribution in [2.24, 2.45) is 17.6 Å². The Balaban J connectivity index is 2.08. The second kappa shape index (κ2) is 8.48. The van der Waals surface area contributed by atoms with Crippen molar-refractivity contribution >= 4 is 29.2 Å². The molecule has 3 aliphatic rings. The number of ketones is 2. The van der Waals surface area contributed by atoms with Gasteiger partial charge in [-0.05, 0) is 29.0 Å². The first-order valence-electron chi connectivity index (χ1n) is 11.8. The molecule has 0 unspecified atom stereocenters. The molecule has 1 aromatic carbocycles. The summed E-state index contributed by atoms with van der Waals surface area (Å²) in [6, 6.07) is 3.10. The van der Waals surface area contributed by atoms with Crippen molar-refractivity contribution in [2.75, 3.05) is 0 Å². The summed E-state index contributed by atoms with van der Waals surface area (Å²) in [5.74, 6) is -9.36. The zero-order chi connectivity index (χ0) is 26.9. The Morgan fingerprint density at radius 2 is 1.83 bits per heavy atom. The molecular weight excluding hydrogens is 470 g/mol. The van der Waals surface area contributed by atoms with E-state index < -0.39 is 76.4 Å². The number of primary amides is 1. The van der Waals surface area contributed by atoms with E-state index in [9.17, 15) is 39.6 Å². The van der Waals surface area contributed by atoms with Crippen molar-refractivity contribution in [3.63, 3.8) is 0 Å². The maximum atomic E-state index is 13.9. The predicted octanol–water partition coefficient (Wildman–Crippen LogP) is 2.04. The number of hydrogen-bond acceptors (Lipinski definition) is 9. The highest BCUT2D eigenvalue weighted by Crippen LogP contribution is 2.57. The standard InChI is InChI=1S/C26H29NO9/c1-5-15(30)36-22-12-8-14(29)19(25(27)34)23(32)26(12,35)24(33)20-17(22)10(4)16-11(9(2)3)6-7-13(28)18(16)21(20)31/h6-7,9-10,12,17,22,28,31-32,35H,5,8H2,1-4H3,(H2,27,34)/t10-,12+,17+,22+,26+/m0/s1. The number of ether oxygens (including phenoxy) is 1. The van der Waals surface area contributed by atoms with Crippen LogP contribution in [0, 0.1) is 11.8 Å². The minimum Gasteiger partial charge on any atom is -0.508 e. The molecule has 1 fully saturated rings. The molecule has 4 rings (SSSR count). The minimum atomic E-state index is -2.86. The number of esters is 1. The van der Waals surface area contributed by atoms with Crippen molar-refractivity contribution in [3.8, 4) is 5.75 Å². The summed E-state index contributed by atoms with van der Waals surface area (Å²) < 4.78 is 5.69. The molecule has 1 amide bonds. The zero-order valence-corrected chi connectivity index (χ0v) is 20.4. The molecule has 10 heteroatoms. The first kappa shape index (κ1) is 25.4. The van der Waals surface area contributed by atoms with E-state index in [1.807, 2.05) is 13.8 Å². The van der Waals surface area contributed by atoms with E-state index in [2.05, 4.69) is 0 Å². The monoisotopic (exact) mass is 499 g/mol. The minimum absolute atomic E-state index is 0.00129. The number of aromatic hydroxyl groups is 1. The van der Waals surface area contributed by atoms with Crippen LogP contribution in [-0.4, -0.2) is 55.6 Å². The number of fused-ring (bicyclic) bond motifs is 3. The van der Waals surface area contributed by atoms with Crippen molar-refractivity contribution in [1.82, 2.24) is 0 Å². The van der Waals surface area contributed by atoms with Gasteiger partial charge in [0.15, 0.2) is 11.4 Å². The molecule has 5 atom stereocenters. The summed E-state index contributed by atoms with van der Waals surface area (Å²) in [4.78, 5) is 51.0. The summed E-state index contributed by atoms with van der Waals surface area (Å²) in [6.07, 6.45) is -1.99. The number of rotatable bonds is 4. The van der Waals surface area contributed by atoms with Crippen LogP contribution >= 0.6 is 0 Å². The average Bonchev–Trinajstić information content (AvgIpc) is 2.80. The molecule has 0 bridgehead atoms. The van der Waals surface area contributed by atoms with Crippen LogP contribution in [0.1, 0.15) is 69.1 Å². The van der Waals surface area contributed by atoms with Crippen molar-refractivity contribution in [2.45, 2.75) is 64.1 Å². The van der Waals surface area contributed by atoms with Crippen molar-refractivity contribution in [1.29, 1.82) is 0 Å². The zero-order valence-electron chi connectivity index (χ0n) is 20.4. The lowest BCUT2D eigenvalue weighted by Crippen LogP contribution is -2.64. The second-order valence-corrected chi connectivity index (χ2v) is 9.92. The van der Waals surface area contributed by atoms with Crippen LogP contribution in [0.3, 0.4) is 0 Å². The molecule has 3 aliphatic carbocycles. The quantitative estimate of drug-likeness (QED) is 0.305. The fourth-order valence-electron chi connectivity index (χ4n) is 5.97. The summed E-state index contributed by atoms with van der Waals surface area (Å²) in [5.41, 5.74) is 2.42. The van der Waals surface area contributed by atoms with E-state index >= 15 is 0 Å². The van der Waals surface area contributed by atoms with Gasteiger partial charge >= 0.3 is 5.97 Å². The Hall–Kier alpha value is -3.66. The molecule has 36 heavy (non-hydrogen) atoms. The van der Waals surface area contributed by atoms with Crippen molar-refractivity contribution in [3.05, 3.63) is 45.7 Å². The van der Waals surface area contributed by atoms with Crippen LogP contribution in [0.2, 0.25) is 0 Å². The maximum absolute atomic E-state index is 13.9. The van der Waals surface area contributed by atoms with Crippen LogP contribution < -0.4 is 5.73 Å². The maximum Gasteiger partial charge on any atom is 0.305 e. The molecule has 0 heterocycles. The van der Waals surface area contributed by atoms with Crippen LogP contribution in [0.15, 0.2) is 29.0 Å². The van der Waals surface area contributed by atoms with Crippen LogP contribution in [0.5, 0.6) is 5.75 Å². The lowest BCUT2D eigenvalue weighted by Gasteiger charge is -2.51. The Morgan fingerprint density at radius 3 is 2.39 bits per heavy atom. The van der Waals surface area contributed by atoms with Gasteiger partial charge in [-0.2, -0.15) is 0 Å². The van der Waals surface area contributed by atoms with Gasteiger partial charge in [-0.3, -0.25) is 19.2 Å². The van der Waals surface area contributed by atoms with Gasteiger partial charge in [0, 0.05) is 30.3 Å². The highest BCUT2D eigenvalue weighted by atomic mass is 16.5. The van der Waals surface area contributed by atoms with E-state index in [-0.39, 0.29) is 29.2 Å². The Kier molecular flexibility index (Phi) is 5.99. The van der Waals surface area contributed by atoms with E-state index in [1.54, 1.807) is 19.9 Å². The SMILES string of the molecule is CCC(=O)O[C@H]1[C@H]2C(=C(O)c3c(O)ccc(C(C)C)c3[C@@H]2C)C(=O)[C@]2(O)C(O)=C(C(N)=O)C(=O)C[C@H]12. The number of hydrogen-bond donors (Lipinski definition) is 5. The normalized spacial score (nSPS) is 29.6. The van der Waals surface area contributed by atoms with E-state index in [0.29, 0.717) is 5.56 Å². The Bertz CT molecular complexity index is 1270. The molecule has 0 spiro atoms. The third-order valence-corrected chi connectivity index (χ3v) is 7.66. The van der Waals surface area contributed by atoms with Crippen LogP contribution in [-0.2, 0) is 23.9 Å². The number of benzene rings is 1. The molecule has 192 valence electrons. The molecule has 1 aromatic rings. The topological polar surface area (TPSA) is 184 Å². The van der Waals surface area contributed by atoms with Gasteiger partial charge in [-0.15, -0.1) is 0 Å². The fourth-order valence-corrected chi connectivity index (χ4v) is 5.97. The van der Waals surface area contributed by atoms with E-state index in [1.165, 1.54) is 6.07 Å². The van der Waals surface area contributed by atoms with Gasteiger partial charge in [0.05, 0.1) is 5.56 Å². The second-order valence-electron chi connectivity index (χ2n) is 9.92. The van der Waals surface area contributed by atoms with E-state index in [0.717, 1.165) is 5.56 Å².